The lowest BCUT2D eigenvalue weighted by atomic mass is 9.87. The summed E-state index contributed by atoms with van der Waals surface area (Å²) in [4.78, 5) is 0. The Morgan fingerprint density at radius 2 is 1.84 bits per heavy atom. The minimum Gasteiger partial charge on any atom is -0.494 e. The molecular formula is C24H29ClO7. The lowest BCUT2D eigenvalue weighted by molar-refractivity contribution is -0.232. The van der Waals surface area contributed by atoms with Crippen LogP contribution in [-0.4, -0.2) is 64.7 Å². The molecule has 32 heavy (non-hydrogen) atoms. The van der Waals surface area contributed by atoms with Gasteiger partial charge in [-0.25, -0.2) is 0 Å². The van der Waals surface area contributed by atoms with Crippen LogP contribution in [-0.2, 0) is 17.6 Å². The first-order valence-corrected chi connectivity index (χ1v) is 11.3. The second-order valence-corrected chi connectivity index (χ2v) is 8.58. The van der Waals surface area contributed by atoms with Crippen LogP contribution in [0.2, 0.25) is 5.02 Å². The molecule has 0 bridgehead atoms. The van der Waals surface area contributed by atoms with Crippen LogP contribution in [0.5, 0.6) is 11.5 Å². The number of hydrogen-bond acceptors (Lipinski definition) is 7. The Balaban J connectivity index is 1.72. The van der Waals surface area contributed by atoms with Gasteiger partial charge in [0.25, 0.3) is 0 Å². The maximum atomic E-state index is 10.7. The molecule has 1 fully saturated rings. The second-order valence-electron chi connectivity index (χ2n) is 8.20. The summed E-state index contributed by atoms with van der Waals surface area (Å²) >= 11 is 6.78. The van der Waals surface area contributed by atoms with Crippen LogP contribution in [0, 0.1) is 0 Å². The predicted octanol–water partition coefficient (Wildman–Crippen LogP) is 2.17. The largest absolute Gasteiger partial charge is 0.494 e. The first-order chi connectivity index (χ1) is 15.4. The Kier molecular flexibility index (Phi) is 7.24. The zero-order valence-corrected chi connectivity index (χ0v) is 18.7. The molecule has 0 spiro atoms. The van der Waals surface area contributed by atoms with Crippen LogP contribution in [0.25, 0.3) is 0 Å². The first-order valence-electron chi connectivity index (χ1n) is 10.9. The number of ether oxygens (including phenoxy) is 3. The van der Waals surface area contributed by atoms with Crippen molar-refractivity contribution in [2.24, 2.45) is 0 Å². The van der Waals surface area contributed by atoms with Gasteiger partial charge in [-0.15, -0.1) is 0 Å². The molecule has 0 aromatic heterocycles. The summed E-state index contributed by atoms with van der Waals surface area (Å²) in [7, 11) is 0. The Morgan fingerprint density at radius 3 is 2.53 bits per heavy atom. The molecule has 7 nitrogen and oxygen atoms in total. The summed E-state index contributed by atoms with van der Waals surface area (Å²) in [5.74, 6) is 1.34. The second kappa shape index (κ2) is 9.95. The highest BCUT2D eigenvalue weighted by atomic mass is 35.5. The average molecular weight is 465 g/mol. The van der Waals surface area contributed by atoms with Crippen molar-refractivity contribution in [1.29, 1.82) is 0 Å². The molecular weight excluding hydrogens is 436 g/mol. The Morgan fingerprint density at radius 1 is 1.09 bits per heavy atom. The third-order valence-electron chi connectivity index (χ3n) is 6.06. The molecule has 5 unspecified atom stereocenters. The van der Waals surface area contributed by atoms with Crippen LogP contribution in [0.15, 0.2) is 30.3 Å². The van der Waals surface area contributed by atoms with Gasteiger partial charge >= 0.3 is 0 Å². The van der Waals surface area contributed by atoms with E-state index in [0.717, 1.165) is 35.3 Å². The SMILES string of the molecule is CCOc1ccc(Cc2cc(C3OC(CO)C(O)C(O)C3O)c3c(c2Cl)CCCO3)cc1. The number of aliphatic hydroxyl groups is 4. The van der Waals surface area contributed by atoms with Gasteiger partial charge in [-0.2, -0.15) is 0 Å². The van der Waals surface area contributed by atoms with Crippen molar-refractivity contribution in [3.8, 4) is 11.5 Å². The van der Waals surface area contributed by atoms with Crippen molar-refractivity contribution < 1.29 is 34.6 Å². The van der Waals surface area contributed by atoms with Crippen LogP contribution < -0.4 is 9.47 Å². The maximum absolute atomic E-state index is 10.7. The molecule has 2 aliphatic heterocycles. The molecule has 4 rings (SSSR count). The fraction of sp³-hybridized carbons (Fsp3) is 0.500. The third-order valence-corrected chi connectivity index (χ3v) is 6.53. The van der Waals surface area contributed by atoms with E-state index in [1.807, 2.05) is 37.3 Å². The summed E-state index contributed by atoms with van der Waals surface area (Å²) < 4.78 is 17.2. The predicted molar refractivity (Wildman–Crippen MR) is 118 cm³/mol. The third kappa shape index (κ3) is 4.46. The summed E-state index contributed by atoms with van der Waals surface area (Å²) in [5.41, 5.74) is 3.27. The Hall–Kier alpha value is -1.87. The molecule has 4 N–H and O–H groups in total. The molecule has 8 heteroatoms. The molecule has 2 aliphatic rings. The monoisotopic (exact) mass is 464 g/mol. The van der Waals surface area contributed by atoms with E-state index in [4.69, 9.17) is 25.8 Å². The van der Waals surface area contributed by atoms with Crippen LogP contribution >= 0.6 is 11.6 Å². The molecule has 0 saturated carbocycles. The fourth-order valence-electron chi connectivity index (χ4n) is 4.39. The summed E-state index contributed by atoms with van der Waals surface area (Å²) in [6.07, 6.45) is -4.17. The molecule has 174 valence electrons. The molecule has 0 amide bonds. The summed E-state index contributed by atoms with van der Waals surface area (Å²) in [5, 5.41) is 41.3. The smallest absolute Gasteiger partial charge is 0.129 e. The van der Waals surface area contributed by atoms with E-state index < -0.39 is 37.1 Å². The molecule has 0 radical (unpaired) electrons. The van der Waals surface area contributed by atoms with Crippen molar-refractivity contribution in [2.45, 2.75) is 56.7 Å². The van der Waals surface area contributed by atoms with E-state index in [2.05, 4.69) is 0 Å². The van der Waals surface area contributed by atoms with Crippen molar-refractivity contribution >= 4 is 11.6 Å². The molecule has 1 saturated heterocycles. The van der Waals surface area contributed by atoms with Crippen LogP contribution in [0.4, 0.5) is 0 Å². The van der Waals surface area contributed by atoms with Crippen molar-refractivity contribution in [1.82, 2.24) is 0 Å². The summed E-state index contributed by atoms with van der Waals surface area (Å²) in [6.45, 7) is 2.55. The Labute approximate surface area is 192 Å². The number of fused-ring (bicyclic) bond motifs is 1. The number of hydrogen-bond donors (Lipinski definition) is 4. The maximum Gasteiger partial charge on any atom is 0.129 e. The minimum atomic E-state index is -1.46. The van der Waals surface area contributed by atoms with E-state index in [1.54, 1.807) is 0 Å². The van der Waals surface area contributed by atoms with Gasteiger partial charge in [-0.05, 0) is 55.5 Å². The van der Waals surface area contributed by atoms with Crippen LogP contribution in [0.1, 0.15) is 41.7 Å². The number of aliphatic hydroxyl groups excluding tert-OH is 4. The molecule has 2 heterocycles. The lowest BCUT2D eigenvalue weighted by Gasteiger charge is -2.41. The molecule has 5 atom stereocenters. The van der Waals surface area contributed by atoms with Crippen molar-refractivity contribution in [2.75, 3.05) is 19.8 Å². The highest BCUT2D eigenvalue weighted by molar-refractivity contribution is 6.32. The van der Waals surface area contributed by atoms with Gasteiger partial charge in [-0.1, -0.05) is 23.7 Å². The average Bonchev–Trinajstić information content (AvgIpc) is 2.81. The zero-order chi connectivity index (χ0) is 22.8. The van der Waals surface area contributed by atoms with Crippen molar-refractivity contribution in [3.05, 3.63) is 57.6 Å². The standard InChI is InChI=1S/C24H29ClO7/c1-2-30-15-7-5-13(6-8-15)10-14-11-17(23-16(19(14)25)4-3-9-31-23)24-22(29)21(28)20(27)18(12-26)32-24/h5-8,11,18,20-22,24,26-29H,2-4,9-10,12H2,1H3. The zero-order valence-electron chi connectivity index (χ0n) is 17.9. The van der Waals surface area contributed by atoms with Gasteiger partial charge in [-0.3, -0.25) is 0 Å². The van der Waals surface area contributed by atoms with E-state index in [-0.39, 0.29) is 0 Å². The Bertz CT molecular complexity index is 931. The van der Waals surface area contributed by atoms with Gasteiger partial charge in [0.15, 0.2) is 0 Å². The lowest BCUT2D eigenvalue weighted by Crippen LogP contribution is -2.55. The normalized spacial score (nSPS) is 27.5. The van der Waals surface area contributed by atoms with Crippen LogP contribution in [0.3, 0.4) is 0 Å². The van der Waals surface area contributed by atoms with E-state index >= 15 is 0 Å². The van der Waals surface area contributed by atoms with E-state index in [0.29, 0.717) is 36.0 Å². The van der Waals surface area contributed by atoms with Gasteiger partial charge in [0.2, 0.25) is 0 Å². The molecule has 2 aromatic rings. The topological polar surface area (TPSA) is 109 Å². The van der Waals surface area contributed by atoms with E-state index in [9.17, 15) is 20.4 Å². The van der Waals surface area contributed by atoms with Gasteiger partial charge in [0, 0.05) is 11.1 Å². The number of benzene rings is 2. The highest BCUT2D eigenvalue weighted by Crippen LogP contribution is 2.44. The molecule has 0 aliphatic carbocycles. The van der Waals surface area contributed by atoms with Gasteiger partial charge in [0.1, 0.15) is 42.0 Å². The first kappa shape index (κ1) is 23.3. The van der Waals surface area contributed by atoms with E-state index in [1.165, 1.54) is 0 Å². The van der Waals surface area contributed by atoms with Gasteiger partial charge in [0.05, 0.1) is 24.8 Å². The summed E-state index contributed by atoms with van der Waals surface area (Å²) in [6, 6.07) is 9.60. The minimum absolute atomic E-state index is 0.489. The quantitative estimate of drug-likeness (QED) is 0.518. The fourth-order valence-corrected chi connectivity index (χ4v) is 4.69. The van der Waals surface area contributed by atoms with Crippen molar-refractivity contribution in [3.63, 3.8) is 0 Å². The highest BCUT2D eigenvalue weighted by Gasteiger charge is 2.45. The number of rotatable bonds is 6. The molecule has 2 aromatic carbocycles. The number of halogens is 1. The van der Waals surface area contributed by atoms with Gasteiger partial charge < -0.3 is 34.6 Å².